The topological polar surface area (TPSA) is 132 Å². The maximum atomic E-state index is 12.7. The second-order valence-corrected chi connectivity index (χ2v) is 7.43. The van der Waals surface area contributed by atoms with Gasteiger partial charge in [-0.2, -0.15) is 0 Å². The van der Waals surface area contributed by atoms with Gasteiger partial charge in [0.1, 0.15) is 5.76 Å². The summed E-state index contributed by atoms with van der Waals surface area (Å²) in [6, 6.07) is 13.5. The van der Waals surface area contributed by atoms with E-state index in [0.717, 1.165) is 4.90 Å². The number of carbonyl (C=O) groups excluding carboxylic acids is 5. The largest absolute Gasteiger partial charge is 0.467 e. The highest BCUT2D eigenvalue weighted by Crippen LogP contribution is 2.26. The molecule has 4 rings (SSSR count). The van der Waals surface area contributed by atoms with E-state index >= 15 is 0 Å². The van der Waals surface area contributed by atoms with Gasteiger partial charge in [-0.1, -0.05) is 12.1 Å². The van der Waals surface area contributed by atoms with Crippen LogP contribution in [0.2, 0.25) is 0 Å². The molecule has 10 nitrogen and oxygen atoms in total. The van der Waals surface area contributed by atoms with Crippen LogP contribution >= 0.6 is 0 Å². The first-order valence-corrected chi connectivity index (χ1v) is 10.6. The van der Waals surface area contributed by atoms with Gasteiger partial charge in [0.05, 0.1) is 47.4 Å². The molecule has 0 atom stereocenters. The zero-order valence-corrected chi connectivity index (χ0v) is 18.6. The van der Waals surface area contributed by atoms with Gasteiger partial charge in [0.2, 0.25) is 0 Å². The molecule has 2 heterocycles. The minimum Gasteiger partial charge on any atom is -0.467 e. The molecule has 1 aliphatic heterocycles. The Morgan fingerprint density at radius 1 is 0.914 bits per heavy atom. The predicted molar refractivity (Wildman–Crippen MR) is 121 cm³/mol. The quantitative estimate of drug-likeness (QED) is 0.388. The second kappa shape index (κ2) is 10.0. The van der Waals surface area contributed by atoms with Crippen molar-refractivity contribution in [2.45, 2.75) is 13.5 Å². The second-order valence-electron chi connectivity index (χ2n) is 7.43. The molecule has 1 N–H and O–H groups in total. The molecule has 0 fully saturated rings. The average molecular weight is 476 g/mol. The third-order valence-electron chi connectivity index (χ3n) is 5.13. The fourth-order valence-electron chi connectivity index (χ4n) is 3.50. The van der Waals surface area contributed by atoms with Crippen molar-refractivity contribution < 1.29 is 37.9 Å². The molecular weight excluding hydrogens is 456 g/mol. The van der Waals surface area contributed by atoms with E-state index < -0.39 is 36.3 Å². The van der Waals surface area contributed by atoms with Gasteiger partial charge < -0.3 is 19.2 Å². The Hall–Kier alpha value is -4.73. The van der Waals surface area contributed by atoms with Crippen molar-refractivity contribution in [1.29, 1.82) is 0 Å². The Kier molecular flexibility index (Phi) is 6.72. The number of para-hydroxylation sites is 1. The number of imide groups is 1. The first-order chi connectivity index (χ1) is 16.9. The van der Waals surface area contributed by atoms with Crippen molar-refractivity contribution in [2.75, 3.05) is 18.5 Å². The molecule has 0 saturated heterocycles. The molecule has 2 aromatic carbocycles. The number of esters is 2. The third kappa shape index (κ3) is 4.96. The number of benzene rings is 2. The number of fused-ring (bicyclic) bond motifs is 1. The molecule has 3 amide bonds. The predicted octanol–water partition coefficient (Wildman–Crippen LogP) is 3.05. The summed E-state index contributed by atoms with van der Waals surface area (Å²) in [6.45, 7) is 1.17. The monoisotopic (exact) mass is 476 g/mol. The highest BCUT2D eigenvalue weighted by molar-refractivity contribution is 6.21. The third-order valence-corrected chi connectivity index (χ3v) is 5.13. The molecule has 1 aromatic heterocycles. The molecule has 0 aliphatic carbocycles. The summed E-state index contributed by atoms with van der Waals surface area (Å²) in [5.41, 5.74) is 0.597. The number of carbonyl (C=O) groups is 5. The van der Waals surface area contributed by atoms with Gasteiger partial charge in [-0.05, 0) is 49.4 Å². The van der Waals surface area contributed by atoms with Crippen LogP contribution < -0.4 is 5.32 Å². The molecule has 3 aromatic rings. The van der Waals surface area contributed by atoms with Gasteiger partial charge in [0.25, 0.3) is 17.7 Å². The zero-order valence-electron chi connectivity index (χ0n) is 18.6. The summed E-state index contributed by atoms with van der Waals surface area (Å²) in [5.74, 6) is -2.75. The summed E-state index contributed by atoms with van der Waals surface area (Å²) in [5, 5.41) is 2.51. The number of hydrogen-bond acceptors (Lipinski definition) is 8. The number of hydrogen-bond donors (Lipinski definition) is 1. The van der Waals surface area contributed by atoms with Crippen molar-refractivity contribution in [1.82, 2.24) is 4.90 Å². The van der Waals surface area contributed by atoms with Gasteiger partial charge in [-0.3, -0.25) is 19.3 Å². The molecule has 0 radical (unpaired) electrons. The van der Waals surface area contributed by atoms with Crippen LogP contribution in [-0.4, -0.2) is 47.8 Å². The average Bonchev–Trinajstić information content (AvgIpc) is 3.46. The Morgan fingerprint density at radius 2 is 1.69 bits per heavy atom. The van der Waals surface area contributed by atoms with Gasteiger partial charge in [0, 0.05) is 0 Å². The first kappa shape index (κ1) is 23.4. The highest BCUT2D eigenvalue weighted by Gasteiger charge is 2.36. The van der Waals surface area contributed by atoms with E-state index in [1.165, 1.54) is 36.6 Å². The van der Waals surface area contributed by atoms with Crippen LogP contribution in [0.3, 0.4) is 0 Å². The summed E-state index contributed by atoms with van der Waals surface area (Å²) < 4.78 is 15.2. The molecule has 0 saturated carbocycles. The van der Waals surface area contributed by atoms with E-state index in [9.17, 15) is 24.0 Å². The van der Waals surface area contributed by atoms with Crippen LogP contribution in [0.1, 0.15) is 54.1 Å². The maximum Gasteiger partial charge on any atom is 0.340 e. The van der Waals surface area contributed by atoms with E-state index in [2.05, 4.69) is 5.32 Å². The minimum atomic E-state index is -0.855. The minimum absolute atomic E-state index is 0.00414. The fraction of sp³-hybridized carbons (Fsp3) is 0.160. The van der Waals surface area contributed by atoms with Crippen LogP contribution in [0.5, 0.6) is 0 Å². The number of furan rings is 1. The van der Waals surface area contributed by atoms with Crippen molar-refractivity contribution in [3.63, 3.8) is 0 Å². The standard InChI is InChI=1S/C25H20N2O8/c1-2-33-25(32)18-7-3-4-8-20(18)26-21(28)14-35-24(31)15-9-10-17-19(12-15)23(30)27(22(17)29)13-16-6-5-11-34-16/h3-12H,2,13-14H2,1H3,(H,26,28). The Labute approximate surface area is 199 Å². The zero-order chi connectivity index (χ0) is 24.9. The lowest BCUT2D eigenvalue weighted by Gasteiger charge is -2.11. The van der Waals surface area contributed by atoms with Crippen molar-refractivity contribution in [3.8, 4) is 0 Å². The molecule has 0 bridgehead atoms. The SMILES string of the molecule is CCOC(=O)c1ccccc1NC(=O)COC(=O)c1ccc2c(c1)C(=O)N(Cc1ccco1)C2=O. The van der Waals surface area contributed by atoms with E-state index in [0.29, 0.717) is 5.76 Å². The maximum absolute atomic E-state index is 12.7. The molecule has 1 aliphatic rings. The van der Waals surface area contributed by atoms with Crippen molar-refractivity contribution in [3.05, 3.63) is 88.9 Å². The number of ether oxygens (including phenoxy) is 2. The van der Waals surface area contributed by atoms with Gasteiger partial charge in [-0.25, -0.2) is 9.59 Å². The Balaban J connectivity index is 1.39. The van der Waals surface area contributed by atoms with Gasteiger partial charge in [0.15, 0.2) is 6.61 Å². The van der Waals surface area contributed by atoms with Crippen LogP contribution in [0, 0.1) is 0 Å². The summed E-state index contributed by atoms with van der Waals surface area (Å²) in [7, 11) is 0. The van der Waals surface area contributed by atoms with Gasteiger partial charge >= 0.3 is 11.9 Å². The number of nitrogens with zero attached hydrogens (tertiary/aromatic N) is 1. The van der Waals surface area contributed by atoms with Crippen LogP contribution in [-0.2, 0) is 20.8 Å². The summed E-state index contributed by atoms with van der Waals surface area (Å²) in [6.07, 6.45) is 1.44. The van der Waals surface area contributed by atoms with E-state index in [-0.39, 0.29) is 41.1 Å². The summed E-state index contributed by atoms with van der Waals surface area (Å²) >= 11 is 0. The Bertz CT molecular complexity index is 1310. The normalized spacial score (nSPS) is 12.3. The first-order valence-electron chi connectivity index (χ1n) is 10.6. The number of nitrogens with one attached hydrogen (secondary N) is 1. The Morgan fingerprint density at radius 3 is 2.43 bits per heavy atom. The smallest absolute Gasteiger partial charge is 0.340 e. The van der Waals surface area contributed by atoms with E-state index in [1.54, 1.807) is 31.2 Å². The van der Waals surface area contributed by atoms with Crippen molar-refractivity contribution >= 4 is 35.3 Å². The molecule has 35 heavy (non-hydrogen) atoms. The molecular formula is C25H20N2O8. The van der Waals surface area contributed by atoms with Crippen LogP contribution in [0.4, 0.5) is 5.69 Å². The summed E-state index contributed by atoms with van der Waals surface area (Å²) in [4.78, 5) is 63.1. The lowest BCUT2D eigenvalue weighted by molar-refractivity contribution is -0.119. The number of amides is 3. The molecule has 0 unspecified atom stereocenters. The number of anilines is 1. The molecule has 178 valence electrons. The lowest BCUT2D eigenvalue weighted by Crippen LogP contribution is -2.28. The van der Waals surface area contributed by atoms with E-state index in [1.807, 2.05) is 0 Å². The van der Waals surface area contributed by atoms with Crippen LogP contribution in [0.15, 0.2) is 65.3 Å². The lowest BCUT2D eigenvalue weighted by atomic mass is 10.1. The van der Waals surface area contributed by atoms with E-state index in [4.69, 9.17) is 13.9 Å². The van der Waals surface area contributed by atoms with Crippen molar-refractivity contribution in [2.24, 2.45) is 0 Å². The van der Waals surface area contributed by atoms with Crippen LogP contribution in [0.25, 0.3) is 0 Å². The fourth-order valence-corrected chi connectivity index (χ4v) is 3.50. The molecule has 10 heteroatoms. The van der Waals surface area contributed by atoms with Gasteiger partial charge in [-0.15, -0.1) is 0 Å². The molecule has 0 spiro atoms. The highest BCUT2D eigenvalue weighted by atomic mass is 16.5. The number of rotatable bonds is 8.